The molecule has 4 nitrogen and oxygen atoms in total. The number of hydrogen-bond donors (Lipinski definition) is 0. The summed E-state index contributed by atoms with van der Waals surface area (Å²) in [6, 6.07) is 11.5. The third-order valence-electron chi connectivity index (χ3n) is 5.26. The van der Waals surface area contributed by atoms with Crippen molar-refractivity contribution >= 4 is 5.90 Å². The number of hydrogen-bond acceptors (Lipinski definition) is 4. The second-order valence-electron chi connectivity index (χ2n) is 6.67. The minimum atomic E-state index is -0.0929. The molecule has 2 saturated heterocycles. The van der Waals surface area contributed by atoms with Crippen LogP contribution in [0, 0.1) is 0 Å². The van der Waals surface area contributed by atoms with E-state index < -0.39 is 0 Å². The highest BCUT2D eigenvalue weighted by molar-refractivity contribution is 5.78. The van der Waals surface area contributed by atoms with Crippen molar-refractivity contribution in [3.63, 3.8) is 0 Å². The van der Waals surface area contributed by atoms with E-state index in [4.69, 9.17) is 9.57 Å². The Morgan fingerprint density at radius 2 is 1.95 bits per heavy atom. The molecule has 2 fully saturated rings. The summed E-state index contributed by atoms with van der Waals surface area (Å²) >= 11 is 0. The predicted molar refractivity (Wildman–Crippen MR) is 80.9 cm³/mol. The molecule has 1 unspecified atom stereocenters. The van der Waals surface area contributed by atoms with E-state index in [0.29, 0.717) is 18.7 Å². The minimum absolute atomic E-state index is 0.0929. The van der Waals surface area contributed by atoms with Crippen LogP contribution in [0.3, 0.4) is 0 Å². The standard InChI is InChI=1S/C17H22N2O2/c1-19-14-7-8-15(19)10-17(9-14)11-16(18-21-17)20-12-13-5-3-2-4-6-13/h2-6,14-15H,7-12H2,1H3/t14-,15+,17?. The molecule has 4 rings (SSSR count). The van der Waals surface area contributed by atoms with Gasteiger partial charge < -0.3 is 14.5 Å². The van der Waals surface area contributed by atoms with Crippen molar-refractivity contribution in [2.45, 2.75) is 56.4 Å². The van der Waals surface area contributed by atoms with Crippen LogP contribution in [0.5, 0.6) is 0 Å². The number of fused-ring (bicyclic) bond motifs is 2. The SMILES string of the molecule is CN1[C@@H]2CC[C@H]1CC1(CC(OCc3ccccc3)=NO1)C2. The van der Waals surface area contributed by atoms with E-state index in [0.717, 1.165) is 25.2 Å². The van der Waals surface area contributed by atoms with Gasteiger partial charge in [0.1, 0.15) is 12.2 Å². The second-order valence-corrected chi connectivity index (χ2v) is 6.67. The van der Waals surface area contributed by atoms with Crippen molar-refractivity contribution in [3.05, 3.63) is 35.9 Å². The van der Waals surface area contributed by atoms with Gasteiger partial charge in [-0.05, 0) is 25.5 Å². The summed E-state index contributed by atoms with van der Waals surface area (Å²) in [6.45, 7) is 0.575. The Morgan fingerprint density at radius 3 is 2.67 bits per heavy atom. The number of rotatable bonds is 2. The minimum Gasteiger partial charge on any atom is -0.474 e. The fourth-order valence-electron chi connectivity index (χ4n) is 4.05. The number of ether oxygens (including phenoxy) is 1. The predicted octanol–water partition coefficient (Wildman–Crippen LogP) is 2.93. The first-order valence-electron chi connectivity index (χ1n) is 7.88. The largest absolute Gasteiger partial charge is 0.474 e. The van der Waals surface area contributed by atoms with E-state index in [2.05, 4.69) is 29.2 Å². The number of nitrogens with zero attached hydrogens (tertiary/aromatic N) is 2. The Kier molecular flexibility index (Phi) is 3.14. The van der Waals surface area contributed by atoms with Crippen LogP contribution < -0.4 is 0 Å². The van der Waals surface area contributed by atoms with Crippen molar-refractivity contribution < 1.29 is 9.57 Å². The molecule has 21 heavy (non-hydrogen) atoms. The maximum absolute atomic E-state index is 5.85. The van der Waals surface area contributed by atoms with Crippen LogP contribution in [0.25, 0.3) is 0 Å². The first kappa shape index (κ1) is 13.1. The molecule has 112 valence electrons. The fraction of sp³-hybridized carbons (Fsp3) is 0.588. The summed E-state index contributed by atoms with van der Waals surface area (Å²) in [5.41, 5.74) is 1.08. The summed E-state index contributed by atoms with van der Waals surface area (Å²) < 4.78 is 5.85. The van der Waals surface area contributed by atoms with Gasteiger partial charge in [-0.25, -0.2) is 0 Å². The summed E-state index contributed by atoms with van der Waals surface area (Å²) in [5.74, 6) is 0.766. The summed E-state index contributed by atoms with van der Waals surface area (Å²) in [5, 5.41) is 4.23. The lowest BCUT2D eigenvalue weighted by Crippen LogP contribution is -2.49. The molecule has 0 N–H and O–H groups in total. The van der Waals surface area contributed by atoms with Crippen molar-refractivity contribution in [2.75, 3.05) is 7.05 Å². The van der Waals surface area contributed by atoms with Gasteiger partial charge in [0.2, 0.25) is 5.90 Å². The second kappa shape index (κ2) is 5.02. The third-order valence-corrected chi connectivity index (χ3v) is 5.26. The average molecular weight is 286 g/mol. The van der Waals surface area contributed by atoms with Crippen LogP contribution in [0.15, 0.2) is 35.5 Å². The van der Waals surface area contributed by atoms with Gasteiger partial charge in [-0.2, -0.15) is 0 Å². The first-order valence-corrected chi connectivity index (χ1v) is 7.88. The molecule has 3 aliphatic rings. The van der Waals surface area contributed by atoms with E-state index in [1.165, 1.54) is 18.4 Å². The summed E-state index contributed by atoms with van der Waals surface area (Å²) in [7, 11) is 2.25. The Morgan fingerprint density at radius 1 is 1.24 bits per heavy atom. The van der Waals surface area contributed by atoms with Gasteiger partial charge in [-0.1, -0.05) is 35.5 Å². The first-order chi connectivity index (χ1) is 10.2. The highest BCUT2D eigenvalue weighted by Crippen LogP contribution is 2.45. The number of benzene rings is 1. The zero-order valence-corrected chi connectivity index (χ0v) is 12.5. The highest BCUT2D eigenvalue weighted by atomic mass is 16.7. The van der Waals surface area contributed by atoms with E-state index in [1.54, 1.807) is 0 Å². The smallest absolute Gasteiger partial charge is 0.230 e. The van der Waals surface area contributed by atoms with Crippen LogP contribution >= 0.6 is 0 Å². The van der Waals surface area contributed by atoms with Crippen molar-refractivity contribution in [1.29, 1.82) is 0 Å². The van der Waals surface area contributed by atoms with Crippen LogP contribution in [0.4, 0.5) is 0 Å². The molecular formula is C17H22N2O2. The van der Waals surface area contributed by atoms with E-state index in [1.807, 2.05) is 18.2 Å². The van der Waals surface area contributed by atoms with Crippen LogP contribution in [0.1, 0.15) is 37.7 Å². The molecule has 3 aliphatic heterocycles. The molecule has 1 spiro atoms. The molecule has 0 aromatic heterocycles. The molecule has 0 saturated carbocycles. The Bertz CT molecular complexity index is 529. The van der Waals surface area contributed by atoms with Crippen molar-refractivity contribution in [3.8, 4) is 0 Å². The van der Waals surface area contributed by atoms with Crippen LogP contribution in [-0.2, 0) is 16.2 Å². The molecule has 4 heteroatoms. The van der Waals surface area contributed by atoms with E-state index >= 15 is 0 Å². The number of piperidine rings is 1. The quantitative estimate of drug-likeness (QED) is 0.838. The molecule has 1 aromatic rings. The van der Waals surface area contributed by atoms with Crippen LogP contribution in [0.2, 0.25) is 0 Å². The lowest BCUT2D eigenvalue weighted by Gasteiger charge is -2.40. The molecular weight excluding hydrogens is 264 g/mol. The van der Waals surface area contributed by atoms with Gasteiger partial charge in [-0.3, -0.25) is 0 Å². The zero-order chi connectivity index (χ0) is 14.3. The molecule has 3 atom stereocenters. The Hall–Kier alpha value is -1.55. The Balaban J connectivity index is 1.37. The maximum Gasteiger partial charge on any atom is 0.230 e. The van der Waals surface area contributed by atoms with E-state index in [-0.39, 0.29) is 5.60 Å². The molecule has 0 amide bonds. The van der Waals surface area contributed by atoms with E-state index in [9.17, 15) is 0 Å². The van der Waals surface area contributed by atoms with Crippen molar-refractivity contribution in [2.24, 2.45) is 5.16 Å². The fourth-order valence-corrected chi connectivity index (χ4v) is 4.05. The molecule has 0 radical (unpaired) electrons. The molecule has 3 heterocycles. The topological polar surface area (TPSA) is 34.1 Å². The zero-order valence-electron chi connectivity index (χ0n) is 12.5. The average Bonchev–Trinajstić information content (AvgIpc) is 2.97. The van der Waals surface area contributed by atoms with Gasteiger partial charge >= 0.3 is 0 Å². The third kappa shape index (κ3) is 2.42. The molecule has 2 bridgehead atoms. The monoisotopic (exact) mass is 286 g/mol. The molecule has 0 aliphatic carbocycles. The van der Waals surface area contributed by atoms with Crippen LogP contribution in [-0.4, -0.2) is 35.5 Å². The lowest BCUT2D eigenvalue weighted by molar-refractivity contribution is -0.0789. The Labute approximate surface area is 125 Å². The summed E-state index contributed by atoms with van der Waals surface area (Å²) in [4.78, 5) is 8.37. The lowest BCUT2D eigenvalue weighted by atomic mass is 9.84. The van der Waals surface area contributed by atoms with Gasteiger partial charge in [-0.15, -0.1) is 0 Å². The normalized spacial score (nSPS) is 34.8. The highest BCUT2D eigenvalue weighted by Gasteiger charge is 2.51. The summed E-state index contributed by atoms with van der Waals surface area (Å²) in [6.07, 6.45) is 5.60. The van der Waals surface area contributed by atoms with Crippen molar-refractivity contribution in [1.82, 2.24) is 4.90 Å². The number of oxime groups is 1. The maximum atomic E-state index is 5.85. The van der Waals surface area contributed by atoms with Gasteiger partial charge in [0.25, 0.3) is 0 Å². The van der Waals surface area contributed by atoms with Gasteiger partial charge in [0.05, 0.1) is 6.42 Å². The van der Waals surface area contributed by atoms with Gasteiger partial charge in [0.15, 0.2) is 0 Å². The van der Waals surface area contributed by atoms with Gasteiger partial charge in [0, 0.05) is 24.9 Å². The molecule has 1 aromatic carbocycles.